The second kappa shape index (κ2) is 9.60. The van der Waals surface area contributed by atoms with E-state index >= 15 is 0 Å². The van der Waals surface area contributed by atoms with Gasteiger partial charge in [-0.1, -0.05) is 23.7 Å². The summed E-state index contributed by atoms with van der Waals surface area (Å²) in [5.74, 6) is 0.469. The van der Waals surface area contributed by atoms with Crippen molar-refractivity contribution < 1.29 is 14.3 Å². The van der Waals surface area contributed by atoms with Crippen molar-refractivity contribution in [3.63, 3.8) is 0 Å². The topological polar surface area (TPSA) is 78.6 Å². The molecule has 2 aromatic carbocycles. The van der Waals surface area contributed by atoms with Crippen molar-refractivity contribution in [1.82, 2.24) is 15.2 Å². The third-order valence-electron chi connectivity index (χ3n) is 5.36. The molecule has 0 saturated carbocycles. The number of fused-ring (bicyclic) bond motifs is 1. The van der Waals surface area contributed by atoms with Gasteiger partial charge in [-0.25, -0.2) is 4.98 Å². The molecule has 0 bridgehead atoms. The van der Waals surface area contributed by atoms with Crippen LogP contribution >= 0.6 is 11.6 Å². The average molecular weight is 428 g/mol. The molecular formula is C23H26ClN3O3. The third kappa shape index (κ3) is 5.39. The van der Waals surface area contributed by atoms with E-state index < -0.39 is 0 Å². The molecule has 2 N–H and O–H groups in total. The van der Waals surface area contributed by atoms with Crippen molar-refractivity contribution in [3.05, 3.63) is 64.5 Å². The van der Waals surface area contributed by atoms with E-state index in [1.807, 2.05) is 30.3 Å². The van der Waals surface area contributed by atoms with Gasteiger partial charge in [-0.05, 0) is 68.2 Å². The number of hydrogen-bond acceptors (Lipinski definition) is 5. The minimum Gasteiger partial charge on any atom is -0.440 e. The summed E-state index contributed by atoms with van der Waals surface area (Å²) in [6.07, 6.45) is 3.10. The number of piperidine rings is 1. The van der Waals surface area contributed by atoms with Gasteiger partial charge in [0.2, 0.25) is 0 Å². The van der Waals surface area contributed by atoms with Crippen molar-refractivity contribution in [1.29, 1.82) is 0 Å². The maximum absolute atomic E-state index is 12.5. The van der Waals surface area contributed by atoms with Gasteiger partial charge in [0.1, 0.15) is 5.52 Å². The number of amides is 1. The molecule has 0 aliphatic carbocycles. The highest BCUT2D eigenvalue weighted by Gasteiger charge is 2.17. The smallest absolute Gasteiger partial charge is 0.251 e. The molecule has 1 saturated heterocycles. The number of β-amino-alcohol motifs (C(OH)–C–C–N with tert-alkyl or cyclic N) is 1. The summed E-state index contributed by atoms with van der Waals surface area (Å²) in [6.45, 7) is 3.23. The van der Waals surface area contributed by atoms with Crippen molar-refractivity contribution in [2.45, 2.75) is 31.8 Å². The van der Waals surface area contributed by atoms with Crippen LogP contribution in [0.25, 0.3) is 11.1 Å². The lowest BCUT2D eigenvalue weighted by atomic mass is 10.1. The highest BCUT2D eigenvalue weighted by Crippen LogP contribution is 2.21. The zero-order valence-corrected chi connectivity index (χ0v) is 17.6. The van der Waals surface area contributed by atoms with Gasteiger partial charge in [0.25, 0.3) is 5.91 Å². The largest absolute Gasteiger partial charge is 0.440 e. The number of hydrogen-bond donors (Lipinski definition) is 2. The maximum Gasteiger partial charge on any atom is 0.251 e. The minimum absolute atomic E-state index is 0.122. The van der Waals surface area contributed by atoms with E-state index in [4.69, 9.17) is 16.0 Å². The lowest BCUT2D eigenvalue weighted by Gasteiger charge is -2.29. The molecule has 158 valence electrons. The van der Waals surface area contributed by atoms with E-state index in [9.17, 15) is 9.90 Å². The Morgan fingerprint density at radius 3 is 3.03 bits per heavy atom. The van der Waals surface area contributed by atoms with Crippen LogP contribution in [0.4, 0.5) is 0 Å². The highest BCUT2D eigenvalue weighted by molar-refractivity contribution is 6.30. The molecule has 1 atom stereocenters. The van der Waals surface area contributed by atoms with Crippen LogP contribution in [0.5, 0.6) is 0 Å². The van der Waals surface area contributed by atoms with Gasteiger partial charge in [-0.2, -0.15) is 0 Å². The Morgan fingerprint density at radius 1 is 1.30 bits per heavy atom. The van der Waals surface area contributed by atoms with E-state index in [1.165, 1.54) is 0 Å². The maximum atomic E-state index is 12.5. The van der Waals surface area contributed by atoms with E-state index in [-0.39, 0.29) is 12.0 Å². The fourth-order valence-electron chi connectivity index (χ4n) is 3.85. The lowest BCUT2D eigenvalue weighted by Crippen LogP contribution is -2.39. The molecule has 30 heavy (non-hydrogen) atoms. The predicted octanol–water partition coefficient (Wildman–Crippen LogP) is 3.65. The summed E-state index contributed by atoms with van der Waals surface area (Å²) in [7, 11) is 0. The predicted molar refractivity (Wildman–Crippen MR) is 117 cm³/mol. The molecule has 1 aromatic heterocycles. The molecular weight excluding hydrogens is 402 g/mol. The first-order valence-electron chi connectivity index (χ1n) is 10.4. The Morgan fingerprint density at radius 2 is 2.20 bits per heavy atom. The first kappa shape index (κ1) is 20.8. The Balaban J connectivity index is 1.32. The number of aromatic nitrogens is 1. The Hall–Kier alpha value is -2.41. The zero-order chi connectivity index (χ0) is 20.9. The van der Waals surface area contributed by atoms with Crippen LogP contribution in [0.1, 0.15) is 41.1 Å². The zero-order valence-electron chi connectivity index (χ0n) is 16.8. The molecule has 3 aromatic rings. The normalized spacial score (nSPS) is 17.3. The van der Waals surface area contributed by atoms with Gasteiger partial charge in [-0.15, -0.1) is 0 Å². The first-order valence-corrected chi connectivity index (χ1v) is 10.8. The lowest BCUT2D eigenvalue weighted by molar-refractivity contribution is 0.0697. The number of halogens is 1. The van der Waals surface area contributed by atoms with Crippen molar-refractivity contribution in [2.75, 3.05) is 26.2 Å². The molecule has 7 heteroatoms. The molecule has 0 spiro atoms. The molecule has 1 fully saturated rings. The summed E-state index contributed by atoms with van der Waals surface area (Å²) in [5.41, 5.74) is 2.91. The standard InChI is InChI=1S/C23H26ClN3O3/c24-18-5-1-4-16(12-18)13-22-26-20-8-7-17(14-21(20)30-22)23(29)25-9-3-11-27-10-2-6-19(28)15-27/h1,4-5,7-8,12,14,19,28H,2-3,6,9-11,13,15H2,(H,25,29)/t19-/m1/s1. The number of nitrogens with zero attached hydrogens (tertiary/aromatic N) is 2. The van der Waals surface area contributed by atoms with Crippen molar-refractivity contribution >= 4 is 28.6 Å². The third-order valence-corrected chi connectivity index (χ3v) is 5.59. The monoisotopic (exact) mass is 427 g/mol. The second-order valence-corrected chi connectivity index (χ2v) is 8.24. The van der Waals surface area contributed by atoms with E-state index in [0.717, 1.165) is 50.0 Å². The molecule has 4 rings (SSSR count). The van der Waals surface area contributed by atoms with Gasteiger partial charge in [0.15, 0.2) is 11.5 Å². The molecule has 1 amide bonds. The van der Waals surface area contributed by atoms with E-state index in [0.29, 0.717) is 35.0 Å². The average Bonchev–Trinajstić information content (AvgIpc) is 3.12. The summed E-state index contributed by atoms with van der Waals surface area (Å²) >= 11 is 6.04. The SMILES string of the molecule is O=C(NCCCN1CCC[C@@H](O)C1)c1ccc2nc(Cc3cccc(Cl)c3)oc2c1. The van der Waals surface area contributed by atoms with Gasteiger partial charge in [0, 0.05) is 30.1 Å². The van der Waals surface area contributed by atoms with Crippen LogP contribution < -0.4 is 5.32 Å². The molecule has 0 radical (unpaired) electrons. The van der Waals surface area contributed by atoms with Crippen molar-refractivity contribution in [2.24, 2.45) is 0 Å². The number of nitrogens with one attached hydrogen (secondary N) is 1. The second-order valence-electron chi connectivity index (χ2n) is 7.80. The van der Waals surface area contributed by atoms with Crippen LogP contribution in [-0.2, 0) is 6.42 Å². The van der Waals surface area contributed by atoms with Crippen LogP contribution in [0.2, 0.25) is 5.02 Å². The molecule has 1 aliphatic rings. The summed E-state index contributed by atoms with van der Waals surface area (Å²) < 4.78 is 5.85. The number of benzene rings is 2. The van der Waals surface area contributed by atoms with E-state index in [1.54, 1.807) is 12.1 Å². The number of aliphatic hydroxyl groups excluding tert-OH is 1. The fraction of sp³-hybridized carbons (Fsp3) is 0.391. The number of carbonyl (C=O) groups excluding carboxylic acids is 1. The summed E-state index contributed by atoms with van der Waals surface area (Å²) in [5, 5.41) is 13.4. The fourth-order valence-corrected chi connectivity index (χ4v) is 4.06. The highest BCUT2D eigenvalue weighted by atomic mass is 35.5. The number of likely N-dealkylation sites (tertiary alicyclic amines) is 1. The first-order chi connectivity index (χ1) is 14.6. The molecule has 1 aliphatic heterocycles. The van der Waals surface area contributed by atoms with Gasteiger partial charge in [-0.3, -0.25) is 4.79 Å². The van der Waals surface area contributed by atoms with Gasteiger partial charge >= 0.3 is 0 Å². The number of carbonyl (C=O) groups is 1. The Labute approximate surface area is 180 Å². The van der Waals surface area contributed by atoms with Crippen LogP contribution in [-0.4, -0.2) is 53.2 Å². The van der Waals surface area contributed by atoms with Crippen LogP contribution in [0.3, 0.4) is 0 Å². The molecule has 2 heterocycles. The molecule has 6 nitrogen and oxygen atoms in total. The molecule has 0 unspecified atom stereocenters. The number of aliphatic hydroxyl groups is 1. The van der Waals surface area contributed by atoms with Gasteiger partial charge in [0.05, 0.1) is 6.10 Å². The number of rotatable bonds is 7. The van der Waals surface area contributed by atoms with Crippen LogP contribution in [0, 0.1) is 0 Å². The van der Waals surface area contributed by atoms with E-state index in [2.05, 4.69) is 15.2 Å². The Bertz CT molecular complexity index is 1020. The number of oxazole rings is 1. The van der Waals surface area contributed by atoms with Crippen molar-refractivity contribution in [3.8, 4) is 0 Å². The quantitative estimate of drug-likeness (QED) is 0.563. The van der Waals surface area contributed by atoms with Crippen LogP contribution in [0.15, 0.2) is 46.9 Å². The van der Waals surface area contributed by atoms with Gasteiger partial charge < -0.3 is 19.7 Å². The summed E-state index contributed by atoms with van der Waals surface area (Å²) in [6, 6.07) is 12.9. The Kier molecular flexibility index (Phi) is 6.67. The minimum atomic E-state index is -0.217. The summed E-state index contributed by atoms with van der Waals surface area (Å²) in [4.78, 5) is 19.2.